The average Bonchev–Trinajstić information content (AvgIpc) is 2.67. The molecule has 0 aliphatic carbocycles. The number of halogens is 1. The number of amides is 2. The fourth-order valence-electron chi connectivity index (χ4n) is 3.47. The van der Waals surface area contributed by atoms with Crippen molar-refractivity contribution in [3.05, 3.63) is 35.6 Å². The summed E-state index contributed by atoms with van der Waals surface area (Å²) >= 11 is 0. The van der Waals surface area contributed by atoms with Crippen molar-refractivity contribution in [2.24, 2.45) is 4.99 Å². The van der Waals surface area contributed by atoms with E-state index in [0.717, 1.165) is 13.1 Å². The Hall–Kier alpha value is -2.73. The number of ether oxygens (including phenoxy) is 2. The molecular formula is C23H34FN3O7S. The quantitative estimate of drug-likeness (QED) is 0.649. The first kappa shape index (κ1) is 28.5. The number of carbonyl (C=O) groups excluding carboxylic acids is 2. The second-order valence-electron chi connectivity index (χ2n) is 10.3. The number of sulfonamides is 1. The van der Waals surface area contributed by atoms with Gasteiger partial charge in [-0.15, -0.1) is 4.90 Å². The molecule has 0 saturated heterocycles. The second kappa shape index (κ2) is 10.1. The van der Waals surface area contributed by atoms with Crippen LogP contribution in [0, 0.1) is 5.82 Å². The smallest absolute Gasteiger partial charge is 0.427 e. The first-order valence-corrected chi connectivity index (χ1v) is 12.7. The molecule has 0 radical (unpaired) electrons. The predicted octanol–water partition coefficient (Wildman–Crippen LogP) is 3.60. The van der Waals surface area contributed by atoms with Crippen molar-refractivity contribution >= 4 is 28.2 Å². The molecule has 1 aromatic carbocycles. The van der Waals surface area contributed by atoms with Crippen molar-refractivity contribution in [2.45, 2.75) is 71.1 Å². The van der Waals surface area contributed by atoms with Crippen molar-refractivity contribution in [1.29, 1.82) is 0 Å². The Morgan fingerprint density at radius 1 is 1.11 bits per heavy atom. The van der Waals surface area contributed by atoms with Crippen molar-refractivity contribution in [3.63, 3.8) is 0 Å². The van der Waals surface area contributed by atoms with Crippen molar-refractivity contribution in [1.82, 2.24) is 9.21 Å². The number of aliphatic imine (C=N–C) groups is 1. The van der Waals surface area contributed by atoms with E-state index in [1.807, 2.05) is 0 Å². The van der Waals surface area contributed by atoms with E-state index in [0.29, 0.717) is 9.21 Å². The van der Waals surface area contributed by atoms with Gasteiger partial charge in [0, 0.05) is 19.2 Å². The molecule has 0 fully saturated rings. The topological polar surface area (TPSA) is 126 Å². The van der Waals surface area contributed by atoms with Crippen LogP contribution in [0.15, 0.2) is 29.3 Å². The number of aliphatic hydroxyl groups excluding tert-OH is 1. The summed E-state index contributed by atoms with van der Waals surface area (Å²) in [6, 6.07) is 5.52. The van der Waals surface area contributed by atoms with Crippen molar-refractivity contribution in [3.8, 4) is 0 Å². The first-order valence-electron chi connectivity index (χ1n) is 11.1. The summed E-state index contributed by atoms with van der Waals surface area (Å²) in [5.74, 6) is -1.95. The molecule has 1 unspecified atom stereocenters. The van der Waals surface area contributed by atoms with Crippen LogP contribution >= 0.6 is 0 Å². The minimum absolute atomic E-state index is 0.0454. The van der Waals surface area contributed by atoms with E-state index in [1.54, 1.807) is 41.5 Å². The molecule has 1 aliphatic heterocycles. The highest BCUT2D eigenvalue weighted by atomic mass is 32.2. The minimum Gasteiger partial charge on any atom is -0.443 e. The molecule has 2 amide bonds. The second-order valence-corrected chi connectivity index (χ2v) is 12.3. The lowest BCUT2D eigenvalue weighted by Crippen LogP contribution is -2.58. The standard InChI is InChI=1S/C23H34FN3O7S/c1-21(2,3)33-19(29)27(20(30)34-22(4,5)6)18-25-23(13-10-14-28,15-35(31,32)26(18)7)16-11-8-9-12-17(16)24/h8-9,11-12,28H,10,13-15H2,1-7H3. The van der Waals surface area contributed by atoms with Gasteiger partial charge in [-0.3, -0.25) is 0 Å². The van der Waals surface area contributed by atoms with Crippen LogP contribution in [0.2, 0.25) is 0 Å². The van der Waals surface area contributed by atoms with Crippen molar-refractivity contribution in [2.75, 3.05) is 19.4 Å². The van der Waals surface area contributed by atoms with Crippen LogP contribution in [0.5, 0.6) is 0 Å². The maximum absolute atomic E-state index is 14.9. The highest BCUT2D eigenvalue weighted by Gasteiger charge is 2.49. The number of aliphatic hydroxyl groups is 1. The van der Waals surface area contributed by atoms with E-state index in [4.69, 9.17) is 9.47 Å². The number of guanidine groups is 1. The minimum atomic E-state index is -4.22. The van der Waals surface area contributed by atoms with Gasteiger partial charge in [-0.1, -0.05) is 18.2 Å². The molecule has 1 aliphatic rings. The predicted molar refractivity (Wildman–Crippen MR) is 128 cm³/mol. The SMILES string of the molecule is CN1C(N(C(=O)OC(C)(C)C)C(=O)OC(C)(C)C)=NC(CCCO)(c2ccccc2F)CS1(=O)=O. The summed E-state index contributed by atoms with van der Waals surface area (Å²) in [5, 5.41) is 9.46. The molecule has 0 aromatic heterocycles. The Morgan fingerprint density at radius 3 is 2.09 bits per heavy atom. The zero-order chi connectivity index (χ0) is 26.8. The molecule has 0 bridgehead atoms. The van der Waals surface area contributed by atoms with E-state index in [-0.39, 0.29) is 25.0 Å². The Balaban J connectivity index is 2.82. The molecule has 1 heterocycles. The third-order valence-corrected chi connectivity index (χ3v) is 6.75. The van der Waals surface area contributed by atoms with Crippen LogP contribution in [0.25, 0.3) is 0 Å². The Morgan fingerprint density at radius 2 is 1.63 bits per heavy atom. The van der Waals surface area contributed by atoms with Crippen LogP contribution in [0.4, 0.5) is 14.0 Å². The van der Waals surface area contributed by atoms with E-state index in [9.17, 15) is 27.5 Å². The summed E-state index contributed by atoms with van der Waals surface area (Å²) in [5.41, 5.74) is -3.85. The first-order chi connectivity index (χ1) is 15.9. The molecule has 1 atom stereocenters. The summed E-state index contributed by atoms with van der Waals surface area (Å²) < 4.78 is 52.9. The van der Waals surface area contributed by atoms with Gasteiger partial charge in [0.2, 0.25) is 16.0 Å². The lowest BCUT2D eigenvalue weighted by Gasteiger charge is -2.40. The fraction of sp³-hybridized carbons (Fsp3) is 0.609. The maximum Gasteiger partial charge on any atom is 0.427 e. The fourth-order valence-corrected chi connectivity index (χ4v) is 5.00. The molecule has 2 rings (SSSR count). The molecule has 1 N–H and O–H groups in total. The molecule has 12 heteroatoms. The molecule has 0 spiro atoms. The van der Waals surface area contributed by atoms with Crippen LogP contribution in [-0.4, -0.2) is 71.5 Å². The number of nitrogens with zero attached hydrogens (tertiary/aromatic N) is 3. The third kappa shape index (κ3) is 6.91. The van der Waals surface area contributed by atoms with Gasteiger partial charge in [-0.05, 0) is 60.5 Å². The summed E-state index contributed by atoms with van der Waals surface area (Å²) in [4.78, 5) is 31.2. The third-order valence-electron chi connectivity index (χ3n) is 4.91. The highest BCUT2D eigenvalue weighted by molar-refractivity contribution is 7.89. The van der Waals surface area contributed by atoms with Gasteiger partial charge < -0.3 is 14.6 Å². The number of hydrogen-bond donors (Lipinski definition) is 1. The van der Waals surface area contributed by atoms with Gasteiger partial charge in [-0.25, -0.2) is 31.7 Å². The lowest BCUT2D eigenvalue weighted by molar-refractivity contribution is 0.0132. The zero-order valence-corrected chi connectivity index (χ0v) is 22.0. The highest BCUT2D eigenvalue weighted by Crippen LogP contribution is 2.39. The zero-order valence-electron chi connectivity index (χ0n) is 21.2. The molecule has 0 saturated carbocycles. The number of carbonyl (C=O) groups is 2. The Bertz CT molecular complexity index is 1070. The maximum atomic E-state index is 14.9. The van der Waals surface area contributed by atoms with Crippen LogP contribution < -0.4 is 0 Å². The molecule has 10 nitrogen and oxygen atoms in total. The Kier molecular flexibility index (Phi) is 8.22. The van der Waals surface area contributed by atoms with Gasteiger partial charge in [-0.2, -0.15) is 0 Å². The van der Waals surface area contributed by atoms with Crippen molar-refractivity contribution < 1.29 is 37.0 Å². The number of imide groups is 1. The number of hydrogen-bond acceptors (Lipinski definition) is 8. The normalized spacial score (nSPS) is 20.1. The van der Waals surface area contributed by atoms with Gasteiger partial charge >= 0.3 is 12.2 Å². The number of benzene rings is 1. The molecular weight excluding hydrogens is 481 g/mol. The lowest BCUT2D eigenvalue weighted by atomic mass is 9.87. The van der Waals surface area contributed by atoms with E-state index < -0.39 is 56.5 Å². The Labute approximate surface area is 205 Å². The van der Waals surface area contributed by atoms with Crippen LogP contribution in [-0.2, 0) is 25.0 Å². The van der Waals surface area contributed by atoms with Crippen LogP contribution in [0.3, 0.4) is 0 Å². The summed E-state index contributed by atoms with van der Waals surface area (Å²) in [7, 11) is -3.08. The average molecular weight is 516 g/mol. The molecule has 1 aromatic rings. The molecule has 35 heavy (non-hydrogen) atoms. The number of rotatable bonds is 4. The molecule has 196 valence electrons. The van der Waals surface area contributed by atoms with Gasteiger partial charge in [0.05, 0.1) is 5.75 Å². The summed E-state index contributed by atoms with van der Waals surface area (Å²) in [6.45, 7) is 9.15. The van der Waals surface area contributed by atoms with Gasteiger partial charge in [0.15, 0.2) is 0 Å². The van der Waals surface area contributed by atoms with E-state index in [2.05, 4.69) is 4.99 Å². The van der Waals surface area contributed by atoms with Gasteiger partial charge in [0.25, 0.3) is 0 Å². The van der Waals surface area contributed by atoms with E-state index in [1.165, 1.54) is 18.2 Å². The van der Waals surface area contributed by atoms with Crippen LogP contribution in [0.1, 0.15) is 59.9 Å². The monoisotopic (exact) mass is 515 g/mol. The van der Waals surface area contributed by atoms with Gasteiger partial charge in [0.1, 0.15) is 22.6 Å². The van der Waals surface area contributed by atoms with E-state index >= 15 is 0 Å². The largest absolute Gasteiger partial charge is 0.443 e. The summed E-state index contributed by atoms with van der Waals surface area (Å²) in [6.07, 6.45) is -2.40.